The topological polar surface area (TPSA) is 40.5 Å². The number of rotatable bonds is 2. The van der Waals surface area contributed by atoms with E-state index in [0.29, 0.717) is 12.1 Å². The summed E-state index contributed by atoms with van der Waals surface area (Å²) in [4.78, 5) is 13.9. The normalized spacial score (nSPS) is 20.1. The summed E-state index contributed by atoms with van der Waals surface area (Å²) < 4.78 is 0.913. The fourth-order valence-electron chi connectivity index (χ4n) is 1.97. The lowest BCUT2D eigenvalue weighted by atomic mass is 10.1. The van der Waals surface area contributed by atoms with Gasteiger partial charge >= 0.3 is 0 Å². The SMILES string of the molecule is O=C(c1cccc(Br)c1)N1CCC(CO)C1. The summed E-state index contributed by atoms with van der Waals surface area (Å²) in [5.41, 5.74) is 0.702. The van der Waals surface area contributed by atoms with Gasteiger partial charge in [-0.15, -0.1) is 0 Å². The lowest BCUT2D eigenvalue weighted by Crippen LogP contribution is -2.29. The van der Waals surface area contributed by atoms with E-state index in [1.165, 1.54) is 0 Å². The molecule has 4 heteroatoms. The van der Waals surface area contributed by atoms with Gasteiger partial charge in [0.2, 0.25) is 0 Å². The van der Waals surface area contributed by atoms with Gasteiger partial charge in [0.15, 0.2) is 0 Å². The molecule has 1 unspecified atom stereocenters. The molecule has 1 fully saturated rings. The van der Waals surface area contributed by atoms with Gasteiger partial charge < -0.3 is 10.0 Å². The zero-order chi connectivity index (χ0) is 11.5. The Bertz CT molecular complexity index is 394. The average Bonchev–Trinajstić information content (AvgIpc) is 2.76. The highest BCUT2D eigenvalue weighted by Crippen LogP contribution is 2.19. The van der Waals surface area contributed by atoms with Gasteiger partial charge in [0.1, 0.15) is 0 Å². The molecular formula is C12H14BrNO2. The third-order valence-corrected chi connectivity index (χ3v) is 3.40. The van der Waals surface area contributed by atoms with Crippen LogP contribution in [0.2, 0.25) is 0 Å². The van der Waals surface area contributed by atoms with Crippen LogP contribution in [0.4, 0.5) is 0 Å². The zero-order valence-electron chi connectivity index (χ0n) is 8.90. The van der Waals surface area contributed by atoms with Crippen molar-refractivity contribution < 1.29 is 9.90 Å². The maximum Gasteiger partial charge on any atom is 0.253 e. The number of likely N-dealkylation sites (tertiary alicyclic amines) is 1. The number of halogens is 1. The first kappa shape index (κ1) is 11.6. The van der Waals surface area contributed by atoms with Crippen LogP contribution in [-0.2, 0) is 0 Å². The summed E-state index contributed by atoms with van der Waals surface area (Å²) in [6, 6.07) is 7.40. The number of benzene rings is 1. The van der Waals surface area contributed by atoms with Gasteiger partial charge in [-0.25, -0.2) is 0 Å². The molecule has 16 heavy (non-hydrogen) atoms. The van der Waals surface area contributed by atoms with Crippen LogP contribution in [0.5, 0.6) is 0 Å². The third kappa shape index (κ3) is 2.44. The molecule has 0 bridgehead atoms. The van der Waals surface area contributed by atoms with E-state index in [0.717, 1.165) is 17.4 Å². The van der Waals surface area contributed by atoms with E-state index in [1.54, 1.807) is 0 Å². The van der Waals surface area contributed by atoms with Gasteiger partial charge in [0, 0.05) is 35.7 Å². The molecule has 1 aliphatic rings. The lowest BCUT2D eigenvalue weighted by Gasteiger charge is -2.16. The molecule has 0 saturated carbocycles. The molecule has 1 aromatic carbocycles. The van der Waals surface area contributed by atoms with E-state index in [1.807, 2.05) is 29.2 Å². The van der Waals surface area contributed by atoms with Gasteiger partial charge in [-0.2, -0.15) is 0 Å². The van der Waals surface area contributed by atoms with Crippen LogP contribution < -0.4 is 0 Å². The van der Waals surface area contributed by atoms with E-state index in [4.69, 9.17) is 5.11 Å². The van der Waals surface area contributed by atoms with Crippen molar-refractivity contribution in [2.75, 3.05) is 19.7 Å². The first-order valence-corrected chi connectivity index (χ1v) is 6.15. The predicted octanol–water partition coefficient (Wildman–Crippen LogP) is 1.90. The molecule has 1 N–H and O–H groups in total. The molecule has 0 radical (unpaired) electrons. The number of hydrogen-bond donors (Lipinski definition) is 1. The summed E-state index contributed by atoms with van der Waals surface area (Å²) in [5, 5.41) is 9.03. The Labute approximate surface area is 103 Å². The van der Waals surface area contributed by atoms with Gasteiger partial charge in [0.05, 0.1) is 0 Å². The van der Waals surface area contributed by atoms with Gasteiger partial charge in [-0.05, 0) is 24.6 Å². The number of nitrogens with zero attached hydrogens (tertiary/aromatic N) is 1. The summed E-state index contributed by atoms with van der Waals surface area (Å²) in [6.07, 6.45) is 0.899. The standard InChI is InChI=1S/C12H14BrNO2/c13-11-3-1-2-10(6-11)12(16)14-5-4-9(7-14)8-15/h1-3,6,9,15H,4-5,7-8H2. The Balaban J connectivity index is 2.08. The molecule has 1 aliphatic heterocycles. The Kier molecular flexibility index (Phi) is 3.61. The smallest absolute Gasteiger partial charge is 0.253 e. The molecule has 0 aliphatic carbocycles. The molecule has 1 saturated heterocycles. The molecule has 1 amide bonds. The summed E-state index contributed by atoms with van der Waals surface area (Å²) >= 11 is 3.35. The quantitative estimate of drug-likeness (QED) is 0.901. The van der Waals surface area contributed by atoms with Crippen molar-refractivity contribution in [1.29, 1.82) is 0 Å². The Hall–Kier alpha value is -0.870. The second-order valence-electron chi connectivity index (χ2n) is 4.10. The van der Waals surface area contributed by atoms with Gasteiger partial charge in [-0.1, -0.05) is 22.0 Å². The van der Waals surface area contributed by atoms with Crippen LogP contribution in [-0.4, -0.2) is 35.6 Å². The fourth-order valence-corrected chi connectivity index (χ4v) is 2.37. The van der Waals surface area contributed by atoms with Crippen LogP contribution in [0.15, 0.2) is 28.7 Å². The number of aliphatic hydroxyl groups is 1. The molecule has 0 spiro atoms. The molecule has 1 atom stereocenters. The van der Waals surface area contributed by atoms with Crippen LogP contribution in [0, 0.1) is 5.92 Å². The highest BCUT2D eigenvalue weighted by Gasteiger charge is 2.26. The number of hydrogen-bond acceptors (Lipinski definition) is 2. The molecule has 3 nitrogen and oxygen atoms in total. The largest absolute Gasteiger partial charge is 0.396 e. The van der Waals surface area contributed by atoms with E-state index in [2.05, 4.69) is 15.9 Å². The van der Waals surface area contributed by atoms with Crippen molar-refractivity contribution in [2.24, 2.45) is 5.92 Å². The first-order chi connectivity index (χ1) is 7.70. The summed E-state index contributed by atoms with van der Waals surface area (Å²) in [6.45, 7) is 1.58. The van der Waals surface area contributed by atoms with Crippen LogP contribution in [0.25, 0.3) is 0 Å². The Morgan fingerprint density at radius 2 is 2.38 bits per heavy atom. The van der Waals surface area contributed by atoms with Gasteiger partial charge in [0.25, 0.3) is 5.91 Å². The van der Waals surface area contributed by atoms with Crippen LogP contribution in [0.1, 0.15) is 16.8 Å². The zero-order valence-corrected chi connectivity index (χ0v) is 10.5. The number of carbonyl (C=O) groups is 1. The number of amides is 1. The third-order valence-electron chi connectivity index (χ3n) is 2.90. The molecule has 86 valence electrons. The van der Waals surface area contributed by atoms with Crippen molar-refractivity contribution in [3.63, 3.8) is 0 Å². The minimum absolute atomic E-state index is 0.0530. The predicted molar refractivity (Wildman–Crippen MR) is 65.2 cm³/mol. The minimum Gasteiger partial charge on any atom is -0.396 e. The Morgan fingerprint density at radius 1 is 1.56 bits per heavy atom. The second kappa shape index (κ2) is 4.97. The van der Waals surface area contributed by atoms with Crippen molar-refractivity contribution in [3.8, 4) is 0 Å². The van der Waals surface area contributed by atoms with Crippen molar-refractivity contribution >= 4 is 21.8 Å². The van der Waals surface area contributed by atoms with Crippen molar-refractivity contribution in [1.82, 2.24) is 4.90 Å². The molecule has 2 rings (SSSR count). The van der Waals surface area contributed by atoms with Crippen LogP contribution >= 0.6 is 15.9 Å². The molecule has 1 aromatic rings. The Morgan fingerprint density at radius 3 is 3.00 bits per heavy atom. The summed E-state index contributed by atoms with van der Waals surface area (Å²) in [5.74, 6) is 0.299. The van der Waals surface area contributed by atoms with Crippen molar-refractivity contribution in [3.05, 3.63) is 34.3 Å². The van der Waals surface area contributed by atoms with E-state index < -0.39 is 0 Å². The highest BCUT2D eigenvalue weighted by molar-refractivity contribution is 9.10. The monoisotopic (exact) mass is 283 g/mol. The van der Waals surface area contributed by atoms with Gasteiger partial charge in [-0.3, -0.25) is 4.79 Å². The molecule has 0 aromatic heterocycles. The van der Waals surface area contributed by atoms with E-state index in [-0.39, 0.29) is 18.4 Å². The van der Waals surface area contributed by atoms with E-state index in [9.17, 15) is 4.79 Å². The lowest BCUT2D eigenvalue weighted by molar-refractivity contribution is 0.0782. The molecular weight excluding hydrogens is 270 g/mol. The average molecular weight is 284 g/mol. The fraction of sp³-hybridized carbons (Fsp3) is 0.417. The van der Waals surface area contributed by atoms with Crippen LogP contribution in [0.3, 0.4) is 0 Å². The van der Waals surface area contributed by atoms with E-state index >= 15 is 0 Å². The highest BCUT2D eigenvalue weighted by atomic mass is 79.9. The first-order valence-electron chi connectivity index (χ1n) is 5.36. The minimum atomic E-state index is 0.0530. The summed E-state index contributed by atoms with van der Waals surface area (Å²) in [7, 11) is 0. The maximum absolute atomic E-state index is 12.1. The number of carbonyl (C=O) groups excluding carboxylic acids is 1. The number of aliphatic hydroxyl groups excluding tert-OH is 1. The maximum atomic E-state index is 12.1. The second-order valence-corrected chi connectivity index (χ2v) is 5.01. The van der Waals surface area contributed by atoms with Crippen molar-refractivity contribution in [2.45, 2.75) is 6.42 Å². The molecule has 1 heterocycles.